The number of para-hydroxylation sites is 2. The van der Waals surface area contributed by atoms with Gasteiger partial charge in [0.15, 0.2) is 0 Å². The molecule has 2 rings (SSSR count). The second-order valence-corrected chi connectivity index (χ2v) is 4.83. The third-order valence-electron chi connectivity index (χ3n) is 3.30. The predicted octanol–water partition coefficient (Wildman–Crippen LogP) is 2.08. The van der Waals surface area contributed by atoms with Gasteiger partial charge in [-0.2, -0.15) is 0 Å². The van der Waals surface area contributed by atoms with Crippen molar-refractivity contribution in [3.63, 3.8) is 0 Å². The van der Waals surface area contributed by atoms with E-state index in [1.165, 1.54) is 25.7 Å². The van der Waals surface area contributed by atoms with Crippen LogP contribution in [-0.4, -0.2) is 30.4 Å². The van der Waals surface area contributed by atoms with Crippen LogP contribution < -0.4 is 11.1 Å². The molecule has 1 aliphatic rings. The summed E-state index contributed by atoms with van der Waals surface area (Å²) < 4.78 is 0. The van der Waals surface area contributed by atoms with Gasteiger partial charge >= 0.3 is 0 Å². The van der Waals surface area contributed by atoms with Crippen LogP contribution in [-0.2, 0) is 4.79 Å². The Morgan fingerprint density at radius 1 is 1.17 bits per heavy atom. The van der Waals surface area contributed by atoms with Gasteiger partial charge in [-0.05, 0) is 38.1 Å². The first-order chi connectivity index (χ1) is 8.75. The Balaban J connectivity index is 1.86. The minimum Gasteiger partial charge on any atom is -0.397 e. The molecule has 0 atom stereocenters. The Morgan fingerprint density at radius 3 is 2.50 bits per heavy atom. The lowest BCUT2D eigenvalue weighted by molar-refractivity contribution is -0.117. The number of amides is 1. The molecule has 1 fully saturated rings. The van der Waals surface area contributed by atoms with Crippen LogP contribution in [0.25, 0.3) is 0 Å². The summed E-state index contributed by atoms with van der Waals surface area (Å²) in [5.74, 6) is 0.0230. The predicted molar refractivity (Wildman–Crippen MR) is 74.4 cm³/mol. The second kappa shape index (κ2) is 6.40. The number of likely N-dealkylation sites (tertiary alicyclic amines) is 1. The first kappa shape index (κ1) is 12.9. The van der Waals surface area contributed by atoms with Crippen molar-refractivity contribution in [1.82, 2.24) is 4.90 Å². The number of anilines is 2. The maximum atomic E-state index is 11.9. The first-order valence-corrected chi connectivity index (χ1v) is 6.62. The molecule has 0 saturated carbocycles. The topological polar surface area (TPSA) is 58.4 Å². The zero-order chi connectivity index (χ0) is 12.8. The summed E-state index contributed by atoms with van der Waals surface area (Å²) in [5.41, 5.74) is 7.12. The van der Waals surface area contributed by atoms with Crippen molar-refractivity contribution in [2.75, 3.05) is 30.7 Å². The third-order valence-corrected chi connectivity index (χ3v) is 3.30. The Hall–Kier alpha value is -1.55. The number of hydrogen-bond acceptors (Lipinski definition) is 3. The van der Waals surface area contributed by atoms with Crippen molar-refractivity contribution in [2.45, 2.75) is 25.7 Å². The van der Waals surface area contributed by atoms with Crippen LogP contribution in [0, 0.1) is 0 Å². The molecule has 0 unspecified atom stereocenters. The van der Waals surface area contributed by atoms with Gasteiger partial charge in [0.25, 0.3) is 0 Å². The molecule has 0 bridgehead atoms. The summed E-state index contributed by atoms with van der Waals surface area (Å²) in [6.07, 6.45) is 4.95. The van der Waals surface area contributed by atoms with Gasteiger partial charge in [0.1, 0.15) is 0 Å². The van der Waals surface area contributed by atoms with Gasteiger partial charge in [0, 0.05) is 0 Å². The summed E-state index contributed by atoms with van der Waals surface area (Å²) >= 11 is 0. The number of nitrogens with zero attached hydrogens (tertiary/aromatic N) is 1. The van der Waals surface area contributed by atoms with Crippen molar-refractivity contribution >= 4 is 17.3 Å². The van der Waals surface area contributed by atoms with E-state index < -0.39 is 0 Å². The number of nitrogen functional groups attached to an aromatic ring is 1. The second-order valence-electron chi connectivity index (χ2n) is 4.83. The van der Waals surface area contributed by atoms with Crippen molar-refractivity contribution < 1.29 is 4.79 Å². The van der Waals surface area contributed by atoms with Crippen LogP contribution in [0.15, 0.2) is 24.3 Å². The van der Waals surface area contributed by atoms with E-state index in [9.17, 15) is 4.79 Å². The van der Waals surface area contributed by atoms with E-state index in [2.05, 4.69) is 10.2 Å². The van der Waals surface area contributed by atoms with E-state index in [-0.39, 0.29) is 5.91 Å². The minimum atomic E-state index is 0.0230. The highest BCUT2D eigenvalue weighted by Gasteiger charge is 2.13. The van der Waals surface area contributed by atoms with Crippen molar-refractivity contribution in [2.24, 2.45) is 0 Å². The molecular weight excluding hydrogens is 226 g/mol. The third kappa shape index (κ3) is 3.74. The highest BCUT2D eigenvalue weighted by Crippen LogP contribution is 2.16. The Morgan fingerprint density at radius 2 is 1.83 bits per heavy atom. The summed E-state index contributed by atoms with van der Waals surface area (Å²) in [7, 11) is 0. The molecule has 1 aliphatic heterocycles. The smallest absolute Gasteiger partial charge is 0.238 e. The molecule has 0 aliphatic carbocycles. The van der Waals surface area contributed by atoms with E-state index in [4.69, 9.17) is 5.73 Å². The van der Waals surface area contributed by atoms with Crippen LogP contribution in [0.2, 0.25) is 0 Å². The molecular formula is C14H21N3O. The summed E-state index contributed by atoms with van der Waals surface area (Å²) in [4.78, 5) is 14.2. The minimum absolute atomic E-state index is 0.0230. The monoisotopic (exact) mass is 247 g/mol. The highest BCUT2D eigenvalue weighted by atomic mass is 16.2. The van der Waals surface area contributed by atoms with E-state index in [0.29, 0.717) is 17.9 Å². The molecule has 1 heterocycles. The fourth-order valence-corrected chi connectivity index (χ4v) is 2.30. The van der Waals surface area contributed by atoms with E-state index in [0.717, 1.165) is 13.1 Å². The van der Waals surface area contributed by atoms with Crippen LogP contribution in [0.4, 0.5) is 11.4 Å². The Bertz CT molecular complexity index is 398. The molecule has 1 aromatic rings. The lowest BCUT2D eigenvalue weighted by Gasteiger charge is -2.19. The van der Waals surface area contributed by atoms with E-state index in [1.54, 1.807) is 6.07 Å². The van der Waals surface area contributed by atoms with E-state index in [1.807, 2.05) is 18.2 Å². The fourth-order valence-electron chi connectivity index (χ4n) is 2.30. The zero-order valence-electron chi connectivity index (χ0n) is 10.7. The Labute approximate surface area is 108 Å². The van der Waals surface area contributed by atoms with Crippen molar-refractivity contribution in [3.8, 4) is 0 Å². The zero-order valence-corrected chi connectivity index (χ0v) is 10.7. The van der Waals surface area contributed by atoms with Crippen molar-refractivity contribution in [1.29, 1.82) is 0 Å². The average Bonchev–Trinajstić information content (AvgIpc) is 2.61. The lowest BCUT2D eigenvalue weighted by Crippen LogP contribution is -2.34. The molecule has 1 saturated heterocycles. The molecule has 4 heteroatoms. The van der Waals surface area contributed by atoms with Crippen LogP contribution >= 0.6 is 0 Å². The molecule has 0 spiro atoms. The van der Waals surface area contributed by atoms with Gasteiger partial charge in [-0.15, -0.1) is 0 Å². The summed E-state index contributed by atoms with van der Waals surface area (Å²) in [5, 5.41) is 2.87. The standard InChI is InChI=1S/C14H21N3O/c15-12-7-3-4-8-13(12)16-14(18)11-17-9-5-1-2-6-10-17/h3-4,7-8H,1-2,5-6,9-11,15H2,(H,16,18). The first-order valence-electron chi connectivity index (χ1n) is 6.62. The normalized spacial score (nSPS) is 17.1. The van der Waals surface area contributed by atoms with Gasteiger partial charge < -0.3 is 11.1 Å². The molecule has 0 aromatic heterocycles. The number of hydrogen-bond donors (Lipinski definition) is 2. The lowest BCUT2D eigenvalue weighted by atomic mass is 10.2. The van der Waals surface area contributed by atoms with Crippen LogP contribution in [0.5, 0.6) is 0 Å². The molecule has 1 amide bonds. The number of rotatable bonds is 3. The average molecular weight is 247 g/mol. The van der Waals surface area contributed by atoms with Crippen molar-refractivity contribution in [3.05, 3.63) is 24.3 Å². The largest absolute Gasteiger partial charge is 0.397 e. The number of nitrogens with two attached hydrogens (primary N) is 1. The summed E-state index contributed by atoms with van der Waals surface area (Å²) in [6, 6.07) is 7.36. The Kier molecular flexibility index (Phi) is 4.59. The van der Waals surface area contributed by atoms with Gasteiger partial charge in [-0.1, -0.05) is 25.0 Å². The SMILES string of the molecule is Nc1ccccc1NC(=O)CN1CCCCCC1. The van der Waals surface area contributed by atoms with Crippen LogP contribution in [0.3, 0.4) is 0 Å². The van der Waals surface area contributed by atoms with Crippen LogP contribution in [0.1, 0.15) is 25.7 Å². The maximum Gasteiger partial charge on any atom is 0.238 e. The van der Waals surface area contributed by atoms with Gasteiger partial charge in [0.2, 0.25) is 5.91 Å². The van der Waals surface area contributed by atoms with Gasteiger partial charge in [-0.25, -0.2) is 0 Å². The number of carbonyl (C=O) groups excluding carboxylic acids is 1. The highest BCUT2D eigenvalue weighted by molar-refractivity contribution is 5.95. The fraction of sp³-hybridized carbons (Fsp3) is 0.500. The molecule has 98 valence electrons. The molecule has 4 nitrogen and oxygen atoms in total. The summed E-state index contributed by atoms with van der Waals surface area (Å²) in [6.45, 7) is 2.52. The molecule has 18 heavy (non-hydrogen) atoms. The molecule has 1 aromatic carbocycles. The number of nitrogens with one attached hydrogen (secondary N) is 1. The number of carbonyl (C=O) groups is 1. The maximum absolute atomic E-state index is 11.9. The van der Waals surface area contributed by atoms with Gasteiger partial charge in [-0.3, -0.25) is 9.69 Å². The van der Waals surface area contributed by atoms with Gasteiger partial charge in [0.05, 0.1) is 17.9 Å². The molecule has 0 radical (unpaired) electrons. The van der Waals surface area contributed by atoms with E-state index >= 15 is 0 Å². The quantitative estimate of drug-likeness (QED) is 0.804. The molecule has 3 N–H and O–H groups in total. The number of benzene rings is 1.